The SMILES string of the molecule is CC1=[C-]CC=C1C.C[C](C)=[Zr+2].[Cl-].[Cl-].[c-]1cccc2c1Cc1ccccc1-2. The molecule has 2 aromatic carbocycles. The average Bonchev–Trinajstić information content (AvgIpc) is 3.11. The van der Waals surface area contributed by atoms with E-state index in [2.05, 4.69) is 82.3 Å². The van der Waals surface area contributed by atoms with Crippen molar-refractivity contribution in [1.29, 1.82) is 0 Å². The minimum Gasteiger partial charge on any atom is -1.00 e. The Hall–Kier alpha value is -0.747. The second kappa shape index (κ2) is 12.6. The van der Waals surface area contributed by atoms with Gasteiger partial charge in [0.15, 0.2) is 0 Å². The van der Waals surface area contributed by atoms with Gasteiger partial charge in [-0.2, -0.15) is 35.9 Å². The largest absolute Gasteiger partial charge is 1.00 e. The molecule has 0 aromatic heterocycles. The number of benzene rings is 2. The van der Waals surface area contributed by atoms with Crippen LogP contribution in [-0.4, -0.2) is 3.21 Å². The number of rotatable bonds is 0. The van der Waals surface area contributed by atoms with Gasteiger partial charge >= 0.3 is 41.3 Å². The van der Waals surface area contributed by atoms with E-state index in [0.29, 0.717) is 0 Å². The zero-order valence-corrected chi connectivity index (χ0v) is 19.8. The van der Waals surface area contributed by atoms with Crippen molar-refractivity contribution in [3.05, 3.63) is 83.0 Å². The van der Waals surface area contributed by atoms with Crippen molar-refractivity contribution in [3.8, 4) is 11.1 Å². The Morgan fingerprint density at radius 3 is 2.12 bits per heavy atom. The minimum absolute atomic E-state index is 0. The fourth-order valence-electron chi connectivity index (χ4n) is 2.65. The third kappa shape index (κ3) is 7.47. The van der Waals surface area contributed by atoms with Gasteiger partial charge in [-0.05, 0) is 6.42 Å². The molecule has 2 aromatic rings. The van der Waals surface area contributed by atoms with Gasteiger partial charge in [0.1, 0.15) is 0 Å². The van der Waals surface area contributed by atoms with Crippen LogP contribution in [0.25, 0.3) is 11.1 Å². The van der Waals surface area contributed by atoms with E-state index in [-0.39, 0.29) is 24.8 Å². The number of fused-ring (bicyclic) bond motifs is 3. The van der Waals surface area contributed by atoms with Crippen molar-refractivity contribution in [2.24, 2.45) is 0 Å². The zero-order valence-electron chi connectivity index (χ0n) is 15.8. The molecule has 0 nitrogen and oxygen atoms in total. The van der Waals surface area contributed by atoms with Gasteiger partial charge in [-0.3, -0.25) is 6.08 Å². The minimum atomic E-state index is 0. The quantitative estimate of drug-likeness (QED) is 0.410. The van der Waals surface area contributed by atoms with Crippen LogP contribution in [0, 0.1) is 12.1 Å². The van der Waals surface area contributed by atoms with Crippen LogP contribution in [0.15, 0.2) is 59.7 Å². The third-order valence-electron chi connectivity index (χ3n) is 3.98. The van der Waals surface area contributed by atoms with Gasteiger partial charge < -0.3 is 24.8 Å². The van der Waals surface area contributed by atoms with Crippen molar-refractivity contribution in [1.82, 2.24) is 0 Å². The maximum Gasteiger partial charge on any atom is -0.0253 e. The number of allylic oxidation sites excluding steroid dienone is 4. The molecule has 0 heterocycles. The van der Waals surface area contributed by atoms with Crippen LogP contribution >= 0.6 is 0 Å². The first kappa shape index (κ1) is 25.3. The van der Waals surface area contributed by atoms with Crippen molar-refractivity contribution in [2.45, 2.75) is 40.5 Å². The molecule has 0 aliphatic heterocycles. The van der Waals surface area contributed by atoms with Gasteiger partial charge in [0, 0.05) is 0 Å². The third-order valence-corrected chi connectivity index (χ3v) is 3.98. The summed E-state index contributed by atoms with van der Waals surface area (Å²) in [5.74, 6) is 0. The summed E-state index contributed by atoms with van der Waals surface area (Å²) in [6.45, 7) is 8.46. The molecule has 26 heavy (non-hydrogen) atoms. The second-order valence-electron chi connectivity index (χ2n) is 6.29. The topological polar surface area (TPSA) is 0 Å². The summed E-state index contributed by atoms with van der Waals surface area (Å²) < 4.78 is 1.51. The summed E-state index contributed by atoms with van der Waals surface area (Å²) in [5, 5.41) is 0. The molecule has 2 aliphatic carbocycles. The Labute approximate surface area is 185 Å². The van der Waals surface area contributed by atoms with Gasteiger partial charge in [0.05, 0.1) is 0 Å². The first-order valence-electron chi connectivity index (χ1n) is 8.33. The fraction of sp³-hybridized carbons (Fsp3) is 0.261. The van der Waals surface area contributed by atoms with Gasteiger partial charge in [-0.15, -0.1) is 18.9 Å². The molecule has 2 aliphatic rings. The van der Waals surface area contributed by atoms with E-state index in [9.17, 15) is 0 Å². The fourth-order valence-corrected chi connectivity index (χ4v) is 2.65. The van der Waals surface area contributed by atoms with Crippen LogP contribution in [0.1, 0.15) is 45.2 Å². The molecule has 0 N–H and O–H groups in total. The van der Waals surface area contributed by atoms with Crippen LogP contribution in [0.2, 0.25) is 0 Å². The molecule has 3 heteroatoms. The van der Waals surface area contributed by atoms with E-state index in [1.807, 2.05) is 6.07 Å². The first-order chi connectivity index (χ1) is 11.5. The van der Waals surface area contributed by atoms with Crippen molar-refractivity contribution >= 4 is 3.21 Å². The molecular formula is C23H24Cl2Zr-2. The summed E-state index contributed by atoms with van der Waals surface area (Å²) in [4.78, 5) is 0. The molecule has 4 rings (SSSR count). The Balaban J connectivity index is 0.000000415. The zero-order chi connectivity index (χ0) is 17.5. The molecule has 0 saturated carbocycles. The molecule has 136 valence electrons. The molecule has 0 amide bonds. The van der Waals surface area contributed by atoms with Crippen LogP contribution in [0.4, 0.5) is 0 Å². The van der Waals surface area contributed by atoms with E-state index < -0.39 is 0 Å². The van der Waals surface area contributed by atoms with E-state index in [1.165, 1.54) is 36.6 Å². The molecule has 0 spiro atoms. The summed E-state index contributed by atoms with van der Waals surface area (Å²) in [7, 11) is 0. The Morgan fingerprint density at radius 2 is 1.58 bits per heavy atom. The van der Waals surface area contributed by atoms with Crippen molar-refractivity contribution < 1.29 is 49.0 Å². The van der Waals surface area contributed by atoms with Gasteiger partial charge in [0.2, 0.25) is 0 Å². The molecule has 0 atom stereocenters. The summed E-state index contributed by atoms with van der Waals surface area (Å²) >= 11 is 1.55. The van der Waals surface area contributed by atoms with E-state index in [1.54, 1.807) is 24.2 Å². The smallest absolute Gasteiger partial charge is 0.0253 e. The summed E-state index contributed by atoms with van der Waals surface area (Å²) in [6, 6.07) is 18.1. The maximum absolute atomic E-state index is 3.30. The predicted molar refractivity (Wildman–Crippen MR) is 101 cm³/mol. The molecule has 0 radical (unpaired) electrons. The number of hydrogen-bond acceptors (Lipinski definition) is 0. The molecular weight excluding hydrogens is 438 g/mol. The van der Waals surface area contributed by atoms with E-state index >= 15 is 0 Å². The Bertz CT molecular complexity index is 725. The van der Waals surface area contributed by atoms with Crippen LogP contribution in [-0.2, 0) is 30.7 Å². The standard InChI is InChI=1S/C13H9.C7H9.C3H6.2ClH.Zr/c1-3-7-12-10(5-1)9-11-6-2-4-8-13(11)12;1-6-4-3-5-7(6)2;1-3-2;;;/h1-5,7-8H,9H2;4H,3H2,1-2H3;1-2H3;2*1H;/q2*-1;;;;+2/p-2. The van der Waals surface area contributed by atoms with Crippen molar-refractivity contribution in [3.63, 3.8) is 0 Å². The van der Waals surface area contributed by atoms with E-state index in [4.69, 9.17) is 0 Å². The molecule has 0 fully saturated rings. The Morgan fingerprint density at radius 1 is 0.962 bits per heavy atom. The van der Waals surface area contributed by atoms with Crippen molar-refractivity contribution in [2.75, 3.05) is 0 Å². The van der Waals surface area contributed by atoms with Gasteiger partial charge in [-0.1, -0.05) is 42.3 Å². The summed E-state index contributed by atoms with van der Waals surface area (Å²) in [6.07, 6.45) is 7.46. The number of halogens is 2. The van der Waals surface area contributed by atoms with Gasteiger partial charge in [0.25, 0.3) is 0 Å². The van der Waals surface area contributed by atoms with E-state index in [0.717, 1.165) is 12.8 Å². The normalized spacial score (nSPS) is 12.4. The monoisotopic (exact) mass is 460 g/mol. The molecule has 0 saturated heterocycles. The maximum atomic E-state index is 3.30. The van der Waals surface area contributed by atoms with Crippen LogP contribution in [0.3, 0.4) is 0 Å². The molecule has 0 bridgehead atoms. The average molecular weight is 463 g/mol. The van der Waals surface area contributed by atoms with Gasteiger partial charge in [-0.25, -0.2) is 11.1 Å². The molecule has 0 unspecified atom stereocenters. The Kier molecular flexibility index (Phi) is 12.2. The van der Waals surface area contributed by atoms with Crippen LogP contribution in [0.5, 0.6) is 0 Å². The number of hydrogen-bond donors (Lipinski definition) is 0. The second-order valence-corrected chi connectivity index (χ2v) is 8.75. The predicted octanol–water partition coefficient (Wildman–Crippen LogP) is -0.103. The van der Waals surface area contributed by atoms with Crippen LogP contribution < -0.4 is 24.8 Å². The summed E-state index contributed by atoms with van der Waals surface area (Å²) in [5.41, 5.74) is 8.22. The first-order valence-corrected chi connectivity index (χ1v) is 9.56.